The molecule has 0 bridgehead atoms. The van der Waals surface area contributed by atoms with Gasteiger partial charge in [-0.2, -0.15) is 0 Å². The summed E-state index contributed by atoms with van der Waals surface area (Å²) in [5, 5.41) is 15.9. The number of rotatable bonds is 6. The molecule has 1 fully saturated rings. The largest absolute Gasteiger partial charge is 0.506 e. The molecule has 6 nitrogen and oxygen atoms in total. The third kappa shape index (κ3) is 3.86. The number of anilines is 1. The number of amides is 1. The molecule has 3 N–H and O–H groups in total. The van der Waals surface area contributed by atoms with Gasteiger partial charge in [-0.15, -0.1) is 0 Å². The zero-order valence-electron chi connectivity index (χ0n) is 12.4. The van der Waals surface area contributed by atoms with Crippen molar-refractivity contribution in [2.45, 2.75) is 19.4 Å². The minimum Gasteiger partial charge on any atom is -0.506 e. The summed E-state index contributed by atoms with van der Waals surface area (Å²) in [6, 6.07) is 4.79. The van der Waals surface area contributed by atoms with E-state index in [9.17, 15) is 9.90 Å². The van der Waals surface area contributed by atoms with Gasteiger partial charge >= 0.3 is 0 Å². The van der Waals surface area contributed by atoms with Gasteiger partial charge < -0.3 is 25.2 Å². The smallest absolute Gasteiger partial charge is 0.231 e. The lowest BCUT2D eigenvalue weighted by atomic mass is 10.0. The maximum Gasteiger partial charge on any atom is 0.231 e. The average molecular weight is 294 g/mol. The second kappa shape index (κ2) is 7.28. The molecule has 21 heavy (non-hydrogen) atoms. The molecule has 1 heterocycles. The van der Waals surface area contributed by atoms with Gasteiger partial charge in [0, 0.05) is 12.1 Å². The molecular formula is C15H22N2O4. The molecule has 0 spiro atoms. The highest BCUT2D eigenvalue weighted by Crippen LogP contribution is 2.28. The number of hydrogen-bond donors (Lipinski definition) is 3. The molecule has 2 unspecified atom stereocenters. The molecule has 0 saturated carbocycles. The fraction of sp³-hybridized carbons (Fsp3) is 0.533. The number of hydrogen-bond acceptors (Lipinski definition) is 5. The molecule has 1 saturated heterocycles. The summed E-state index contributed by atoms with van der Waals surface area (Å²) in [7, 11) is 1.52. The Balaban J connectivity index is 2.00. The van der Waals surface area contributed by atoms with Crippen LogP contribution in [0.2, 0.25) is 0 Å². The Bertz CT molecular complexity index is 493. The third-order valence-electron chi connectivity index (χ3n) is 3.54. The fourth-order valence-corrected chi connectivity index (χ4v) is 2.31. The molecule has 1 aliphatic heterocycles. The van der Waals surface area contributed by atoms with Crippen molar-refractivity contribution in [1.29, 1.82) is 0 Å². The first-order valence-corrected chi connectivity index (χ1v) is 7.14. The van der Waals surface area contributed by atoms with Crippen LogP contribution >= 0.6 is 0 Å². The maximum atomic E-state index is 12.3. The Morgan fingerprint density at radius 3 is 2.95 bits per heavy atom. The molecule has 0 aliphatic carbocycles. The lowest BCUT2D eigenvalue weighted by Gasteiger charge is -2.18. The normalized spacial score (nSPS) is 21.2. The second-order valence-corrected chi connectivity index (χ2v) is 5.08. The molecular weight excluding hydrogens is 272 g/mol. The van der Waals surface area contributed by atoms with Gasteiger partial charge in [0.2, 0.25) is 5.91 Å². The standard InChI is InChI=1S/C15H22N2O4/c1-3-6-16-13-9-21-8-11(13)15(19)17-12-5-4-10(20-2)7-14(12)18/h4-5,7,11,13,16,18H,3,6,8-9H2,1-2H3,(H,17,19). The van der Waals surface area contributed by atoms with Crippen molar-refractivity contribution in [3.63, 3.8) is 0 Å². The van der Waals surface area contributed by atoms with Crippen LogP contribution in [0, 0.1) is 5.92 Å². The van der Waals surface area contributed by atoms with E-state index in [4.69, 9.17) is 9.47 Å². The van der Waals surface area contributed by atoms with E-state index in [1.807, 2.05) is 0 Å². The van der Waals surface area contributed by atoms with Gasteiger partial charge in [-0.25, -0.2) is 0 Å². The topological polar surface area (TPSA) is 79.8 Å². The Labute approximate surface area is 124 Å². The molecule has 2 rings (SSSR count). The number of phenols is 1. The van der Waals surface area contributed by atoms with Crippen molar-refractivity contribution in [3.8, 4) is 11.5 Å². The number of nitrogens with one attached hydrogen (secondary N) is 2. The minimum atomic E-state index is -0.252. The van der Waals surface area contributed by atoms with Crippen LogP contribution in [-0.4, -0.2) is 43.9 Å². The van der Waals surface area contributed by atoms with Crippen molar-refractivity contribution in [2.24, 2.45) is 5.92 Å². The van der Waals surface area contributed by atoms with E-state index < -0.39 is 0 Å². The first-order chi connectivity index (χ1) is 10.2. The summed E-state index contributed by atoms with van der Waals surface area (Å²) in [6.45, 7) is 3.86. The van der Waals surface area contributed by atoms with Gasteiger partial charge in [-0.3, -0.25) is 4.79 Å². The summed E-state index contributed by atoms with van der Waals surface area (Å²) < 4.78 is 10.4. The second-order valence-electron chi connectivity index (χ2n) is 5.08. The molecule has 6 heteroatoms. The Morgan fingerprint density at radius 1 is 1.48 bits per heavy atom. The van der Waals surface area contributed by atoms with Crippen LogP contribution in [0.25, 0.3) is 0 Å². The molecule has 1 aromatic rings. The molecule has 0 aromatic heterocycles. The number of carbonyl (C=O) groups excluding carboxylic acids is 1. The molecule has 1 aromatic carbocycles. The SMILES string of the molecule is CCCNC1COCC1C(=O)Nc1ccc(OC)cc1O. The molecule has 116 valence electrons. The van der Waals surface area contributed by atoms with E-state index in [0.29, 0.717) is 24.7 Å². The summed E-state index contributed by atoms with van der Waals surface area (Å²) in [6.07, 6.45) is 1.00. The van der Waals surface area contributed by atoms with Crippen LogP contribution in [0.5, 0.6) is 11.5 Å². The van der Waals surface area contributed by atoms with Gasteiger partial charge in [0.1, 0.15) is 11.5 Å². The minimum absolute atomic E-state index is 0.0142. The van der Waals surface area contributed by atoms with Gasteiger partial charge in [0.25, 0.3) is 0 Å². The van der Waals surface area contributed by atoms with Crippen LogP contribution < -0.4 is 15.4 Å². The third-order valence-corrected chi connectivity index (χ3v) is 3.54. The summed E-state index contributed by atoms with van der Waals surface area (Å²) in [5.41, 5.74) is 0.377. The Morgan fingerprint density at radius 2 is 2.29 bits per heavy atom. The molecule has 1 aliphatic rings. The highest BCUT2D eigenvalue weighted by molar-refractivity contribution is 5.94. The number of methoxy groups -OCH3 is 1. The average Bonchev–Trinajstić information content (AvgIpc) is 2.95. The lowest BCUT2D eigenvalue weighted by Crippen LogP contribution is -2.41. The van der Waals surface area contributed by atoms with Gasteiger partial charge in [0.05, 0.1) is 31.9 Å². The van der Waals surface area contributed by atoms with Crippen LogP contribution in [0.1, 0.15) is 13.3 Å². The molecule has 2 atom stereocenters. The zero-order valence-corrected chi connectivity index (χ0v) is 12.4. The lowest BCUT2D eigenvalue weighted by molar-refractivity contribution is -0.120. The molecule has 0 radical (unpaired) electrons. The van der Waals surface area contributed by atoms with Gasteiger partial charge in [-0.05, 0) is 25.1 Å². The quantitative estimate of drug-likeness (QED) is 0.690. The first kappa shape index (κ1) is 15.6. The number of aromatic hydroxyl groups is 1. The monoisotopic (exact) mass is 294 g/mol. The van der Waals surface area contributed by atoms with Crippen molar-refractivity contribution < 1.29 is 19.4 Å². The first-order valence-electron chi connectivity index (χ1n) is 7.14. The fourth-order valence-electron chi connectivity index (χ4n) is 2.31. The Hall–Kier alpha value is -1.79. The van der Waals surface area contributed by atoms with Crippen LogP contribution in [0.4, 0.5) is 5.69 Å². The van der Waals surface area contributed by atoms with E-state index in [0.717, 1.165) is 13.0 Å². The maximum absolute atomic E-state index is 12.3. The summed E-state index contributed by atoms with van der Waals surface area (Å²) in [5.74, 6) is 0.122. The van der Waals surface area contributed by atoms with Crippen LogP contribution in [0.3, 0.4) is 0 Å². The summed E-state index contributed by atoms with van der Waals surface area (Å²) in [4.78, 5) is 12.3. The predicted molar refractivity (Wildman–Crippen MR) is 79.7 cm³/mol. The van der Waals surface area contributed by atoms with Gasteiger partial charge in [0.15, 0.2) is 0 Å². The summed E-state index contributed by atoms with van der Waals surface area (Å²) >= 11 is 0. The van der Waals surface area contributed by atoms with E-state index in [2.05, 4.69) is 17.6 Å². The van der Waals surface area contributed by atoms with Gasteiger partial charge in [-0.1, -0.05) is 6.92 Å². The Kier molecular flexibility index (Phi) is 5.41. The van der Waals surface area contributed by atoms with Crippen molar-refractivity contribution in [3.05, 3.63) is 18.2 Å². The number of ether oxygens (including phenoxy) is 2. The zero-order chi connectivity index (χ0) is 15.2. The highest BCUT2D eigenvalue weighted by atomic mass is 16.5. The van der Waals surface area contributed by atoms with Crippen LogP contribution in [0.15, 0.2) is 18.2 Å². The van der Waals surface area contributed by atoms with E-state index in [-0.39, 0.29) is 23.6 Å². The molecule has 1 amide bonds. The van der Waals surface area contributed by atoms with E-state index in [1.165, 1.54) is 13.2 Å². The highest BCUT2D eigenvalue weighted by Gasteiger charge is 2.33. The van der Waals surface area contributed by atoms with Crippen molar-refractivity contribution >= 4 is 11.6 Å². The van der Waals surface area contributed by atoms with E-state index in [1.54, 1.807) is 12.1 Å². The van der Waals surface area contributed by atoms with E-state index >= 15 is 0 Å². The van der Waals surface area contributed by atoms with Crippen molar-refractivity contribution in [1.82, 2.24) is 5.32 Å². The van der Waals surface area contributed by atoms with Crippen molar-refractivity contribution in [2.75, 3.05) is 32.2 Å². The predicted octanol–water partition coefficient (Wildman–Crippen LogP) is 1.35. The number of phenolic OH excluding ortho intramolecular Hbond substituents is 1. The van der Waals surface area contributed by atoms with Crippen LogP contribution in [-0.2, 0) is 9.53 Å². The number of carbonyl (C=O) groups is 1. The number of benzene rings is 1.